The Morgan fingerprint density at radius 1 is 1.00 bits per heavy atom. The topological polar surface area (TPSA) is 20.3 Å². The van der Waals surface area contributed by atoms with Crippen molar-refractivity contribution in [3.05, 3.63) is 0 Å². The van der Waals surface area contributed by atoms with E-state index in [9.17, 15) is 4.79 Å². The van der Waals surface area contributed by atoms with Gasteiger partial charge in [-0.25, -0.2) is 0 Å². The van der Waals surface area contributed by atoms with Crippen molar-refractivity contribution in [2.45, 2.75) is 65.3 Å². The molecule has 0 unspecified atom stereocenters. The number of carbonyl (C=O) groups excluding carboxylic acids is 1. The molecular weight excluding hydrogens is 210 g/mol. The van der Waals surface area contributed by atoms with Crippen molar-refractivity contribution >= 4 is 5.78 Å². The molecule has 0 aromatic carbocycles. The van der Waals surface area contributed by atoms with E-state index in [1.165, 1.54) is 25.9 Å². The highest BCUT2D eigenvalue weighted by atomic mass is 16.1. The number of rotatable bonds is 1. The van der Waals surface area contributed by atoms with Gasteiger partial charge >= 0.3 is 0 Å². The van der Waals surface area contributed by atoms with E-state index >= 15 is 0 Å². The van der Waals surface area contributed by atoms with Crippen LogP contribution in [-0.4, -0.2) is 29.8 Å². The van der Waals surface area contributed by atoms with Gasteiger partial charge in [0, 0.05) is 18.9 Å². The van der Waals surface area contributed by atoms with Crippen LogP contribution < -0.4 is 0 Å². The van der Waals surface area contributed by atoms with Crippen molar-refractivity contribution < 1.29 is 4.79 Å². The predicted molar refractivity (Wildman–Crippen MR) is 71.0 cm³/mol. The molecule has 2 heteroatoms. The molecule has 2 rings (SSSR count). The number of piperidine rings is 1. The van der Waals surface area contributed by atoms with Crippen LogP contribution in [0.15, 0.2) is 0 Å². The second-order valence-corrected chi connectivity index (χ2v) is 6.95. The lowest BCUT2D eigenvalue weighted by atomic mass is 9.75. The van der Waals surface area contributed by atoms with Crippen LogP contribution in [-0.2, 0) is 4.79 Å². The minimum Gasteiger partial charge on any atom is -0.300 e. The fraction of sp³-hybridized carbons (Fsp3) is 0.933. The maximum atomic E-state index is 11.3. The van der Waals surface area contributed by atoms with Gasteiger partial charge in [0.15, 0.2) is 0 Å². The Bertz CT molecular complexity index is 261. The quantitative estimate of drug-likeness (QED) is 0.697. The zero-order valence-electron chi connectivity index (χ0n) is 11.7. The minimum absolute atomic E-state index is 0.467. The van der Waals surface area contributed by atoms with Crippen molar-refractivity contribution in [1.29, 1.82) is 0 Å². The Hall–Kier alpha value is -0.370. The SMILES string of the molecule is CC(C)(C)C1CCN(C2CCC(=O)CC2)CC1. The highest BCUT2D eigenvalue weighted by Gasteiger charge is 2.32. The van der Waals surface area contributed by atoms with Crippen LogP contribution in [0.25, 0.3) is 0 Å². The van der Waals surface area contributed by atoms with Gasteiger partial charge < -0.3 is 4.90 Å². The Morgan fingerprint density at radius 2 is 1.53 bits per heavy atom. The average Bonchev–Trinajstić information content (AvgIpc) is 2.29. The molecular formula is C15H27NO. The van der Waals surface area contributed by atoms with Crippen molar-refractivity contribution in [3.8, 4) is 0 Å². The molecule has 0 spiro atoms. The molecule has 98 valence electrons. The normalized spacial score (nSPS) is 26.4. The number of hydrogen-bond acceptors (Lipinski definition) is 2. The summed E-state index contributed by atoms with van der Waals surface area (Å²) in [6.45, 7) is 9.60. The summed E-state index contributed by atoms with van der Waals surface area (Å²) >= 11 is 0. The van der Waals surface area contributed by atoms with Crippen LogP contribution in [0.5, 0.6) is 0 Å². The molecule has 1 heterocycles. The molecule has 0 bridgehead atoms. The summed E-state index contributed by atoms with van der Waals surface area (Å²) in [4.78, 5) is 13.9. The summed E-state index contributed by atoms with van der Waals surface area (Å²) in [7, 11) is 0. The first kappa shape index (κ1) is 13.1. The maximum Gasteiger partial charge on any atom is 0.133 e. The van der Waals surface area contributed by atoms with Crippen LogP contribution in [0, 0.1) is 11.3 Å². The molecule has 2 fully saturated rings. The first-order valence-electron chi connectivity index (χ1n) is 7.22. The Morgan fingerprint density at radius 3 is 2.00 bits per heavy atom. The summed E-state index contributed by atoms with van der Waals surface area (Å²) in [5.41, 5.74) is 0.467. The molecule has 2 aliphatic rings. The summed E-state index contributed by atoms with van der Waals surface area (Å²) < 4.78 is 0. The molecule has 2 nitrogen and oxygen atoms in total. The molecule has 0 N–H and O–H groups in total. The fourth-order valence-electron chi connectivity index (χ4n) is 3.42. The number of Topliss-reactive ketones (excluding diaryl/α,β-unsaturated/α-hetero) is 1. The van der Waals surface area contributed by atoms with Gasteiger partial charge in [-0.2, -0.15) is 0 Å². The van der Waals surface area contributed by atoms with Gasteiger partial charge in [0.25, 0.3) is 0 Å². The van der Waals surface area contributed by atoms with E-state index in [0.29, 0.717) is 17.2 Å². The van der Waals surface area contributed by atoms with E-state index in [4.69, 9.17) is 0 Å². The molecule has 0 radical (unpaired) electrons. The number of ketones is 1. The first-order valence-corrected chi connectivity index (χ1v) is 7.22. The van der Waals surface area contributed by atoms with E-state index in [1.54, 1.807) is 0 Å². The van der Waals surface area contributed by atoms with Crippen LogP contribution in [0.2, 0.25) is 0 Å². The predicted octanol–water partition coefficient (Wildman–Crippen LogP) is 3.26. The lowest BCUT2D eigenvalue weighted by molar-refractivity contribution is -0.121. The van der Waals surface area contributed by atoms with E-state index in [1.807, 2.05) is 0 Å². The third-order valence-electron chi connectivity index (χ3n) is 4.78. The van der Waals surface area contributed by atoms with Crippen LogP contribution in [0.3, 0.4) is 0 Å². The lowest BCUT2D eigenvalue weighted by Crippen LogP contribution is -2.45. The van der Waals surface area contributed by atoms with Gasteiger partial charge in [-0.05, 0) is 50.1 Å². The second-order valence-electron chi connectivity index (χ2n) is 6.95. The lowest BCUT2D eigenvalue weighted by Gasteiger charge is -2.42. The molecule has 1 aliphatic heterocycles. The molecule has 0 aromatic rings. The first-order chi connectivity index (χ1) is 7.97. The summed E-state index contributed by atoms with van der Waals surface area (Å²) in [5, 5.41) is 0. The minimum atomic E-state index is 0.467. The third kappa shape index (κ3) is 3.31. The van der Waals surface area contributed by atoms with E-state index in [0.717, 1.165) is 31.6 Å². The van der Waals surface area contributed by atoms with Gasteiger partial charge in [-0.3, -0.25) is 4.79 Å². The second kappa shape index (κ2) is 5.09. The number of carbonyl (C=O) groups is 1. The molecule has 0 amide bonds. The van der Waals surface area contributed by atoms with Crippen molar-refractivity contribution in [1.82, 2.24) is 4.90 Å². The Labute approximate surface area is 106 Å². The Balaban J connectivity index is 1.81. The summed E-state index contributed by atoms with van der Waals surface area (Å²) in [6, 6.07) is 0.702. The van der Waals surface area contributed by atoms with Crippen molar-refractivity contribution in [3.63, 3.8) is 0 Å². The number of likely N-dealkylation sites (tertiary alicyclic amines) is 1. The highest BCUT2D eigenvalue weighted by molar-refractivity contribution is 5.79. The largest absolute Gasteiger partial charge is 0.300 e. The van der Waals surface area contributed by atoms with Gasteiger partial charge in [-0.15, -0.1) is 0 Å². The summed E-state index contributed by atoms with van der Waals surface area (Å²) in [6.07, 6.45) is 6.55. The van der Waals surface area contributed by atoms with E-state index < -0.39 is 0 Å². The fourth-order valence-corrected chi connectivity index (χ4v) is 3.42. The van der Waals surface area contributed by atoms with Crippen molar-refractivity contribution in [2.75, 3.05) is 13.1 Å². The molecule has 1 saturated carbocycles. The third-order valence-corrected chi connectivity index (χ3v) is 4.78. The van der Waals surface area contributed by atoms with Crippen LogP contribution >= 0.6 is 0 Å². The zero-order chi connectivity index (χ0) is 12.5. The van der Waals surface area contributed by atoms with E-state index in [2.05, 4.69) is 25.7 Å². The van der Waals surface area contributed by atoms with Crippen LogP contribution in [0.4, 0.5) is 0 Å². The number of hydrogen-bond donors (Lipinski definition) is 0. The van der Waals surface area contributed by atoms with Crippen molar-refractivity contribution in [2.24, 2.45) is 11.3 Å². The maximum absolute atomic E-state index is 11.3. The average molecular weight is 237 g/mol. The molecule has 17 heavy (non-hydrogen) atoms. The monoisotopic (exact) mass is 237 g/mol. The zero-order valence-corrected chi connectivity index (χ0v) is 11.7. The standard InChI is InChI=1S/C15H27NO/c1-15(2,3)12-8-10-16(11-9-12)13-4-6-14(17)7-5-13/h12-13H,4-11H2,1-3H3. The molecule has 0 atom stereocenters. The smallest absolute Gasteiger partial charge is 0.133 e. The Kier molecular flexibility index (Phi) is 3.92. The van der Waals surface area contributed by atoms with Gasteiger partial charge in [-0.1, -0.05) is 20.8 Å². The van der Waals surface area contributed by atoms with Gasteiger partial charge in [0.2, 0.25) is 0 Å². The highest BCUT2D eigenvalue weighted by Crippen LogP contribution is 2.35. The molecule has 0 aromatic heterocycles. The van der Waals surface area contributed by atoms with Gasteiger partial charge in [0.05, 0.1) is 0 Å². The van der Waals surface area contributed by atoms with Gasteiger partial charge in [0.1, 0.15) is 5.78 Å². The van der Waals surface area contributed by atoms with E-state index in [-0.39, 0.29) is 0 Å². The summed E-state index contributed by atoms with van der Waals surface area (Å²) in [5.74, 6) is 1.36. The number of nitrogens with zero attached hydrogens (tertiary/aromatic N) is 1. The van der Waals surface area contributed by atoms with Crippen LogP contribution in [0.1, 0.15) is 59.3 Å². The molecule has 1 aliphatic carbocycles. The molecule has 1 saturated heterocycles.